The van der Waals surface area contributed by atoms with Crippen LogP contribution >= 0.6 is 11.6 Å². The van der Waals surface area contributed by atoms with Crippen LogP contribution in [0.2, 0.25) is 5.02 Å². The summed E-state index contributed by atoms with van der Waals surface area (Å²) in [6, 6.07) is 15.6. The third kappa shape index (κ3) is 2.29. The van der Waals surface area contributed by atoms with Gasteiger partial charge in [-0.05, 0) is 29.8 Å². The van der Waals surface area contributed by atoms with E-state index in [-0.39, 0.29) is 4.90 Å². The van der Waals surface area contributed by atoms with Gasteiger partial charge in [0.2, 0.25) is 0 Å². The van der Waals surface area contributed by atoms with Crippen molar-refractivity contribution in [2.45, 2.75) is 16.1 Å². The maximum Gasteiger partial charge on any atom is 0.326 e. The Labute approximate surface area is 144 Å². The van der Waals surface area contributed by atoms with Gasteiger partial charge in [0.1, 0.15) is 5.25 Å². The predicted octanol–water partition coefficient (Wildman–Crippen LogP) is 2.87. The van der Waals surface area contributed by atoms with Crippen LogP contribution in [0.25, 0.3) is 0 Å². The number of rotatable bonds is 4. The van der Waals surface area contributed by atoms with E-state index >= 15 is 0 Å². The Bertz CT molecular complexity index is 952. The van der Waals surface area contributed by atoms with E-state index in [1.165, 1.54) is 18.2 Å². The van der Waals surface area contributed by atoms with Gasteiger partial charge in [-0.25, -0.2) is 8.42 Å². The number of carboxylic acids is 1. The van der Waals surface area contributed by atoms with Gasteiger partial charge in [0.25, 0.3) is 0 Å². The number of nitriles is 1. The van der Waals surface area contributed by atoms with Crippen molar-refractivity contribution >= 4 is 27.4 Å². The first-order chi connectivity index (χ1) is 11.4. The van der Waals surface area contributed by atoms with Gasteiger partial charge < -0.3 is 5.11 Å². The number of hydrogen-bond acceptors (Lipinski definition) is 4. The maximum atomic E-state index is 12.9. The summed E-state index contributed by atoms with van der Waals surface area (Å²) >= 11 is 5.93. The minimum Gasteiger partial charge on any atom is -0.480 e. The molecular formula is C17H12ClNO4S. The average Bonchev–Trinajstić information content (AvgIpc) is 3.27. The highest BCUT2D eigenvalue weighted by Crippen LogP contribution is 2.64. The van der Waals surface area contributed by atoms with Crippen LogP contribution in [-0.4, -0.2) is 24.7 Å². The van der Waals surface area contributed by atoms with E-state index in [1.807, 2.05) is 0 Å². The molecule has 3 atom stereocenters. The second kappa shape index (κ2) is 5.62. The average molecular weight is 362 g/mol. The Kier molecular flexibility index (Phi) is 3.86. The van der Waals surface area contributed by atoms with Crippen LogP contribution in [0.4, 0.5) is 0 Å². The second-order valence-corrected chi connectivity index (χ2v) is 8.10. The Balaban J connectivity index is 2.16. The summed E-state index contributed by atoms with van der Waals surface area (Å²) in [7, 11) is -3.99. The monoisotopic (exact) mass is 361 g/mol. The van der Waals surface area contributed by atoms with Crippen molar-refractivity contribution in [3.8, 4) is 6.07 Å². The van der Waals surface area contributed by atoms with Crippen molar-refractivity contribution in [3.63, 3.8) is 0 Å². The largest absolute Gasteiger partial charge is 0.480 e. The second-order valence-electron chi connectivity index (χ2n) is 5.60. The molecule has 2 aromatic rings. The fraction of sp³-hybridized carbons (Fsp3) is 0.176. The van der Waals surface area contributed by atoms with Gasteiger partial charge >= 0.3 is 5.97 Å². The van der Waals surface area contributed by atoms with Gasteiger partial charge in [-0.15, -0.1) is 0 Å². The van der Waals surface area contributed by atoms with E-state index in [1.54, 1.807) is 42.5 Å². The minimum atomic E-state index is -3.99. The molecule has 1 fully saturated rings. The molecule has 1 saturated carbocycles. The van der Waals surface area contributed by atoms with Crippen LogP contribution in [0.1, 0.15) is 11.5 Å². The topological polar surface area (TPSA) is 95.2 Å². The minimum absolute atomic E-state index is 0.000373. The van der Waals surface area contributed by atoms with Crippen molar-refractivity contribution in [1.29, 1.82) is 5.26 Å². The molecule has 0 spiro atoms. The molecule has 122 valence electrons. The Morgan fingerprint density at radius 1 is 1.17 bits per heavy atom. The van der Waals surface area contributed by atoms with Crippen molar-refractivity contribution < 1.29 is 18.3 Å². The van der Waals surface area contributed by atoms with Crippen LogP contribution in [0, 0.1) is 16.7 Å². The zero-order valence-electron chi connectivity index (χ0n) is 12.3. The number of sulfone groups is 1. The van der Waals surface area contributed by atoms with Crippen LogP contribution in [0.3, 0.4) is 0 Å². The zero-order chi connectivity index (χ0) is 17.5. The molecule has 5 nitrogen and oxygen atoms in total. The summed E-state index contributed by atoms with van der Waals surface area (Å²) in [6.45, 7) is 0. The number of carboxylic acid groups (broad SMARTS) is 1. The summed E-state index contributed by atoms with van der Waals surface area (Å²) in [4.78, 5) is 11.8. The van der Waals surface area contributed by atoms with Crippen molar-refractivity contribution in [2.24, 2.45) is 5.41 Å². The van der Waals surface area contributed by atoms with E-state index in [2.05, 4.69) is 0 Å². The molecule has 1 aliphatic rings. The van der Waals surface area contributed by atoms with Gasteiger partial charge in [-0.3, -0.25) is 4.79 Å². The molecule has 2 aromatic carbocycles. The molecule has 0 saturated heterocycles. The summed E-state index contributed by atoms with van der Waals surface area (Å²) in [5.41, 5.74) is -1.59. The lowest BCUT2D eigenvalue weighted by Crippen LogP contribution is -2.22. The first kappa shape index (κ1) is 16.5. The molecule has 3 rings (SSSR count). The third-order valence-electron chi connectivity index (χ3n) is 4.29. The highest BCUT2D eigenvalue weighted by atomic mass is 35.5. The fourth-order valence-electron chi connectivity index (χ4n) is 3.11. The first-order valence-corrected chi connectivity index (χ1v) is 8.97. The van der Waals surface area contributed by atoms with Gasteiger partial charge in [-0.1, -0.05) is 41.9 Å². The number of halogens is 1. The quantitative estimate of drug-likeness (QED) is 0.903. The molecule has 0 radical (unpaired) electrons. The fourth-order valence-corrected chi connectivity index (χ4v) is 5.58. The number of carbonyl (C=O) groups is 1. The molecule has 1 N–H and O–H groups in total. The van der Waals surface area contributed by atoms with Crippen LogP contribution in [0.15, 0.2) is 59.5 Å². The van der Waals surface area contributed by atoms with Gasteiger partial charge in [0, 0.05) is 10.9 Å². The highest BCUT2D eigenvalue weighted by molar-refractivity contribution is 7.92. The van der Waals surface area contributed by atoms with E-state index < -0.39 is 32.4 Å². The van der Waals surface area contributed by atoms with E-state index in [4.69, 9.17) is 11.6 Å². The van der Waals surface area contributed by atoms with E-state index in [0.717, 1.165) is 0 Å². The van der Waals surface area contributed by atoms with Gasteiger partial charge in [0.15, 0.2) is 15.3 Å². The number of aliphatic carboxylic acids is 1. The molecule has 7 heteroatoms. The summed E-state index contributed by atoms with van der Waals surface area (Å²) in [5, 5.41) is 18.0. The Morgan fingerprint density at radius 3 is 2.38 bits per heavy atom. The summed E-state index contributed by atoms with van der Waals surface area (Å²) in [6.07, 6.45) is 0. The summed E-state index contributed by atoms with van der Waals surface area (Å²) < 4.78 is 25.8. The maximum absolute atomic E-state index is 12.9. The lowest BCUT2D eigenvalue weighted by molar-refractivity contribution is -0.141. The number of benzene rings is 2. The third-order valence-corrected chi connectivity index (χ3v) is 6.76. The molecule has 1 aliphatic carbocycles. The molecule has 24 heavy (non-hydrogen) atoms. The normalized spacial score (nSPS) is 25.7. The van der Waals surface area contributed by atoms with Gasteiger partial charge in [0.05, 0.1) is 11.0 Å². The smallest absolute Gasteiger partial charge is 0.326 e. The molecule has 0 amide bonds. The Hall–Kier alpha value is -2.36. The lowest BCUT2D eigenvalue weighted by atomic mass is 10.0. The van der Waals surface area contributed by atoms with E-state index in [0.29, 0.717) is 10.6 Å². The molecule has 0 heterocycles. The van der Waals surface area contributed by atoms with Crippen LogP contribution in [0.5, 0.6) is 0 Å². The first-order valence-electron chi connectivity index (χ1n) is 7.04. The van der Waals surface area contributed by atoms with Crippen LogP contribution in [-0.2, 0) is 14.6 Å². The summed E-state index contributed by atoms with van der Waals surface area (Å²) in [5.74, 6) is -2.41. The Morgan fingerprint density at radius 2 is 1.83 bits per heavy atom. The predicted molar refractivity (Wildman–Crippen MR) is 87.3 cm³/mol. The standard InChI is InChI=1S/C17H12ClNO4S/c18-12-6-4-5-11(9-12)14-15(17(14,10-19)16(20)21)24(22,23)13-7-2-1-3-8-13/h1-9,14-15H,(H,20,21). The SMILES string of the molecule is N#CC1(C(=O)O)C(c2cccc(Cl)c2)C1S(=O)(=O)c1ccccc1. The molecular weight excluding hydrogens is 350 g/mol. The van der Waals surface area contributed by atoms with E-state index in [9.17, 15) is 23.6 Å². The van der Waals surface area contributed by atoms with Gasteiger partial charge in [-0.2, -0.15) is 5.26 Å². The lowest BCUT2D eigenvalue weighted by Gasteiger charge is -2.04. The molecule has 0 aromatic heterocycles. The van der Waals surface area contributed by atoms with Crippen molar-refractivity contribution in [3.05, 3.63) is 65.2 Å². The van der Waals surface area contributed by atoms with Crippen LogP contribution < -0.4 is 0 Å². The highest BCUT2D eigenvalue weighted by Gasteiger charge is 2.77. The molecule has 3 unspecified atom stereocenters. The number of nitrogens with zero attached hydrogens (tertiary/aromatic N) is 1. The molecule has 0 bridgehead atoms. The van der Waals surface area contributed by atoms with Crippen molar-refractivity contribution in [2.75, 3.05) is 0 Å². The number of hydrogen-bond donors (Lipinski definition) is 1. The molecule has 0 aliphatic heterocycles. The zero-order valence-corrected chi connectivity index (χ0v) is 13.8. The van der Waals surface area contributed by atoms with Crippen molar-refractivity contribution in [1.82, 2.24) is 0 Å².